The maximum Gasteiger partial charge on any atom is 0.140 e. The predicted octanol–water partition coefficient (Wildman–Crippen LogP) is 4.74. The molecule has 0 fully saturated rings. The van der Waals surface area contributed by atoms with E-state index in [1.54, 1.807) is 11.3 Å². The van der Waals surface area contributed by atoms with E-state index in [1.165, 1.54) is 16.7 Å². The van der Waals surface area contributed by atoms with Crippen molar-refractivity contribution in [1.82, 2.24) is 4.90 Å². The first-order valence-electron chi connectivity index (χ1n) is 8.55. The Balaban J connectivity index is 1.43. The molecule has 0 radical (unpaired) electrons. The number of thiophene rings is 1. The fourth-order valence-corrected chi connectivity index (χ4v) is 3.95. The molecule has 0 unspecified atom stereocenters. The molecule has 4 heteroatoms. The quantitative estimate of drug-likeness (QED) is 0.528. The third kappa shape index (κ3) is 3.81. The lowest BCUT2D eigenvalue weighted by atomic mass is 9.99. The van der Waals surface area contributed by atoms with Gasteiger partial charge in [0.2, 0.25) is 0 Å². The Morgan fingerprint density at radius 2 is 1.92 bits per heavy atom. The Bertz CT molecular complexity index is 870. The Hall–Kier alpha value is -2.43. The highest BCUT2D eigenvalue weighted by Crippen LogP contribution is 2.21. The molecule has 126 valence electrons. The molecule has 0 bridgehead atoms. The molecule has 0 spiro atoms. The monoisotopic (exact) mass is 347 g/mol. The molecule has 1 aliphatic rings. The molecule has 2 heterocycles. The zero-order valence-electron chi connectivity index (χ0n) is 14.0. The van der Waals surface area contributed by atoms with Crippen LogP contribution in [0, 0.1) is 5.41 Å². The van der Waals surface area contributed by atoms with Crippen LogP contribution in [-0.4, -0.2) is 17.3 Å². The van der Waals surface area contributed by atoms with Crippen molar-refractivity contribution in [2.45, 2.75) is 19.5 Å². The van der Waals surface area contributed by atoms with E-state index in [-0.39, 0.29) is 0 Å². The normalized spacial score (nSPS) is 14.1. The average molecular weight is 347 g/mol. The fourth-order valence-electron chi connectivity index (χ4n) is 3.32. The van der Waals surface area contributed by atoms with Gasteiger partial charge in [0.05, 0.1) is 4.88 Å². The summed E-state index contributed by atoms with van der Waals surface area (Å²) in [5.41, 5.74) is 5.19. The van der Waals surface area contributed by atoms with Gasteiger partial charge in [-0.3, -0.25) is 10.3 Å². The number of hydrogen-bond acceptors (Lipinski definition) is 3. The molecule has 0 atom stereocenters. The van der Waals surface area contributed by atoms with Crippen LogP contribution in [0.1, 0.15) is 21.6 Å². The first kappa shape index (κ1) is 16.1. The number of nitrogens with zero attached hydrogens (tertiary/aromatic N) is 1. The van der Waals surface area contributed by atoms with Crippen molar-refractivity contribution in [2.24, 2.45) is 0 Å². The summed E-state index contributed by atoms with van der Waals surface area (Å²) in [7, 11) is 0. The van der Waals surface area contributed by atoms with Gasteiger partial charge in [0.25, 0.3) is 0 Å². The molecule has 25 heavy (non-hydrogen) atoms. The summed E-state index contributed by atoms with van der Waals surface area (Å²) >= 11 is 1.58. The molecule has 1 aliphatic heterocycles. The van der Waals surface area contributed by atoms with E-state index < -0.39 is 0 Å². The molecule has 0 saturated carbocycles. The summed E-state index contributed by atoms with van der Waals surface area (Å²) in [6.45, 7) is 3.05. The number of amidine groups is 1. The molecular formula is C21H21N3S. The highest BCUT2D eigenvalue weighted by Gasteiger charge is 2.15. The summed E-state index contributed by atoms with van der Waals surface area (Å²) < 4.78 is 0. The van der Waals surface area contributed by atoms with E-state index >= 15 is 0 Å². The minimum atomic E-state index is 0.457. The molecule has 0 amide bonds. The topological polar surface area (TPSA) is 39.1 Å². The van der Waals surface area contributed by atoms with Crippen molar-refractivity contribution in [3.8, 4) is 0 Å². The van der Waals surface area contributed by atoms with E-state index in [0.717, 1.165) is 36.6 Å². The second kappa shape index (κ2) is 7.21. The van der Waals surface area contributed by atoms with Crippen LogP contribution < -0.4 is 5.32 Å². The minimum Gasteiger partial charge on any atom is -0.340 e. The lowest BCUT2D eigenvalue weighted by molar-refractivity contribution is 0.245. The van der Waals surface area contributed by atoms with Crippen LogP contribution in [0.3, 0.4) is 0 Å². The number of rotatable bonds is 4. The van der Waals surface area contributed by atoms with E-state index in [2.05, 4.69) is 52.7 Å². The fraction of sp³-hybridized carbons (Fsp3) is 0.190. The van der Waals surface area contributed by atoms with E-state index in [4.69, 9.17) is 5.41 Å². The summed E-state index contributed by atoms with van der Waals surface area (Å²) in [5, 5.41) is 13.4. The third-order valence-corrected chi connectivity index (χ3v) is 5.47. The van der Waals surface area contributed by atoms with Crippen LogP contribution in [-0.2, 0) is 19.5 Å². The van der Waals surface area contributed by atoms with Gasteiger partial charge in [-0.15, -0.1) is 11.3 Å². The van der Waals surface area contributed by atoms with Gasteiger partial charge in [-0.25, -0.2) is 0 Å². The van der Waals surface area contributed by atoms with Crippen LogP contribution in [0.4, 0.5) is 5.69 Å². The van der Waals surface area contributed by atoms with Gasteiger partial charge < -0.3 is 5.32 Å². The largest absolute Gasteiger partial charge is 0.340 e. The van der Waals surface area contributed by atoms with E-state index in [1.807, 2.05) is 23.6 Å². The minimum absolute atomic E-state index is 0.457. The lowest BCUT2D eigenvalue weighted by Gasteiger charge is -2.28. The van der Waals surface area contributed by atoms with Gasteiger partial charge in [-0.2, -0.15) is 0 Å². The Kier molecular flexibility index (Phi) is 4.63. The van der Waals surface area contributed by atoms with Crippen molar-refractivity contribution in [3.63, 3.8) is 0 Å². The predicted molar refractivity (Wildman–Crippen MR) is 105 cm³/mol. The maximum absolute atomic E-state index is 8.18. The van der Waals surface area contributed by atoms with Gasteiger partial charge in [-0.05, 0) is 46.7 Å². The van der Waals surface area contributed by atoms with Crippen molar-refractivity contribution in [2.75, 3.05) is 11.9 Å². The van der Waals surface area contributed by atoms with Crippen LogP contribution in [0.25, 0.3) is 0 Å². The van der Waals surface area contributed by atoms with Crippen LogP contribution in [0.5, 0.6) is 0 Å². The second-order valence-corrected chi connectivity index (χ2v) is 7.35. The summed E-state index contributed by atoms with van der Waals surface area (Å²) in [5.74, 6) is 0.457. The molecule has 2 N–H and O–H groups in total. The van der Waals surface area contributed by atoms with Crippen molar-refractivity contribution in [3.05, 3.63) is 87.6 Å². The lowest BCUT2D eigenvalue weighted by Crippen LogP contribution is -2.30. The highest BCUT2D eigenvalue weighted by atomic mass is 32.1. The zero-order valence-corrected chi connectivity index (χ0v) is 14.9. The second-order valence-electron chi connectivity index (χ2n) is 6.41. The first-order chi connectivity index (χ1) is 12.3. The van der Waals surface area contributed by atoms with Crippen molar-refractivity contribution < 1.29 is 0 Å². The SMILES string of the molecule is N=C(Nc1cccc(CN2CCc3ccccc3C2)c1)c1cccs1. The summed E-state index contributed by atoms with van der Waals surface area (Å²) in [4.78, 5) is 3.45. The molecule has 3 nitrogen and oxygen atoms in total. The number of anilines is 1. The molecule has 4 rings (SSSR count). The third-order valence-electron chi connectivity index (χ3n) is 4.58. The molecule has 2 aromatic carbocycles. The van der Waals surface area contributed by atoms with E-state index in [9.17, 15) is 0 Å². The number of hydrogen-bond donors (Lipinski definition) is 2. The summed E-state index contributed by atoms with van der Waals surface area (Å²) in [6.07, 6.45) is 1.12. The highest BCUT2D eigenvalue weighted by molar-refractivity contribution is 7.12. The van der Waals surface area contributed by atoms with E-state index in [0.29, 0.717) is 5.84 Å². The van der Waals surface area contributed by atoms with Crippen LogP contribution in [0.2, 0.25) is 0 Å². The first-order valence-corrected chi connectivity index (χ1v) is 9.43. The molecule has 0 aliphatic carbocycles. The van der Waals surface area contributed by atoms with Gasteiger partial charge in [0, 0.05) is 25.3 Å². The number of fused-ring (bicyclic) bond motifs is 1. The van der Waals surface area contributed by atoms with Gasteiger partial charge >= 0.3 is 0 Å². The number of benzene rings is 2. The molecular weight excluding hydrogens is 326 g/mol. The Morgan fingerprint density at radius 1 is 1.04 bits per heavy atom. The summed E-state index contributed by atoms with van der Waals surface area (Å²) in [6, 6.07) is 21.1. The molecule has 0 saturated heterocycles. The van der Waals surface area contributed by atoms with Crippen molar-refractivity contribution >= 4 is 22.9 Å². The van der Waals surface area contributed by atoms with Crippen molar-refractivity contribution in [1.29, 1.82) is 5.41 Å². The standard InChI is InChI=1S/C21H21N3S/c22-21(20-9-4-12-25-20)23-19-8-3-5-16(13-19)14-24-11-10-17-6-1-2-7-18(17)15-24/h1-9,12-13H,10-11,14-15H2,(H2,22,23). The average Bonchev–Trinajstić information content (AvgIpc) is 3.17. The van der Waals surface area contributed by atoms with Gasteiger partial charge in [-0.1, -0.05) is 42.5 Å². The van der Waals surface area contributed by atoms with Crippen LogP contribution >= 0.6 is 11.3 Å². The zero-order chi connectivity index (χ0) is 17.1. The maximum atomic E-state index is 8.18. The van der Waals surface area contributed by atoms with Gasteiger partial charge in [0.15, 0.2) is 0 Å². The smallest absolute Gasteiger partial charge is 0.140 e. The van der Waals surface area contributed by atoms with Gasteiger partial charge in [0.1, 0.15) is 5.84 Å². The Morgan fingerprint density at radius 3 is 2.76 bits per heavy atom. The molecule has 1 aromatic heterocycles. The Labute approximate surface area is 152 Å². The van der Waals surface area contributed by atoms with Crippen LogP contribution in [0.15, 0.2) is 66.0 Å². The molecule has 3 aromatic rings. The number of nitrogens with one attached hydrogen (secondary N) is 2.